The van der Waals surface area contributed by atoms with Crippen LogP contribution in [0.3, 0.4) is 0 Å². The summed E-state index contributed by atoms with van der Waals surface area (Å²) in [7, 11) is 0. The van der Waals surface area contributed by atoms with Gasteiger partial charge in [-0.1, -0.05) is 18.2 Å². The Morgan fingerprint density at radius 2 is 2.00 bits per heavy atom. The van der Waals surface area contributed by atoms with Gasteiger partial charge in [-0.25, -0.2) is 9.18 Å². The van der Waals surface area contributed by atoms with Crippen LogP contribution in [0.5, 0.6) is 0 Å². The Bertz CT molecular complexity index is 372. The molecule has 4 heteroatoms. The van der Waals surface area contributed by atoms with Crippen LogP contribution in [0.4, 0.5) is 14.9 Å². The molecule has 0 aromatic heterocycles. The normalized spacial score (nSPS) is 11.0. The lowest BCUT2D eigenvalue weighted by molar-refractivity contribution is 0.0636. The third-order valence-corrected chi connectivity index (χ3v) is 1.80. The molecule has 0 fully saturated rings. The van der Waals surface area contributed by atoms with Gasteiger partial charge in [-0.05, 0) is 26.8 Å². The zero-order valence-electron chi connectivity index (χ0n) is 9.71. The number of hydrogen-bond donors (Lipinski definition) is 1. The number of alkyl halides is 1. The van der Waals surface area contributed by atoms with Crippen LogP contribution in [-0.2, 0) is 11.4 Å². The SMILES string of the molecule is CC(C)(C)OC(=O)Nc1ccccc1CF. The van der Waals surface area contributed by atoms with E-state index in [0.717, 1.165) is 0 Å². The molecule has 1 aromatic rings. The summed E-state index contributed by atoms with van der Waals surface area (Å²) in [6.45, 7) is 4.70. The summed E-state index contributed by atoms with van der Waals surface area (Å²) in [6.07, 6.45) is -0.576. The minimum Gasteiger partial charge on any atom is -0.444 e. The molecular formula is C12H16FNO2. The fourth-order valence-electron chi connectivity index (χ4n) is 1.17. The Labute approximate surface area is 94.6 Å². The highest BCUT2D eigenvalue weighted by molar-refractivity contribution is 5.85. The molecule has 0 unspecified atom stereocenters. The van der Waals surface area contributed by atoms with Crippen LogP contribution in [0.2, 0.25) is 0 Å². The van der Waals surface area contributed by atoms with Crippen LogP contribution in [0.15, 0.2) is 24.3 Å². The molecule has 1 amide bonds. The second-order valence-corrected chi connectivity index (χ2v) is 4.42. The molecule has 1 rings (SSSR count). The minimum absolute atomic E-state index is 0.438. The number of carbonyl (C=O) groups excluding carboxylic acids is 1. The first-order valence-corrected chi connectivity index (χ1v) is 5.06. The molecule has 0 spiro atoms. The van der Waals surface area contributed by atoms with Crippen LogP contribution in [0.25, 0.3) is 0 Å². The molecule has 0 aliphatic carbocycles. The topological polar surface area (TPSA) is 38.3 Å². The highest BCUT2D eigenvalue weighted by Gasteiger charge is 2.16. The van der Waals surface area contributed by atoms with Gasteiger partial charge in [0.2, 0.25) is 0 Å². The minimum atomic E-state index is -0.619. The van der Waals surface area contributed by atoms with E-state index in [1.807, 2.05) is 0 Å². The lowest BCUT2D eigenvalue weighted by Crippen LogP contribution is -2.27. The van der Waals surface area contributed by atoms with E-state index in [4.69, 9.17) is 4.74 Å². The van der Waals surface area contributed by atoms with Gasteiger partial charge in [0, 0.05) is 11.3 Å². The molecule has 3 nitrogen and oxygen atoms in total. The van der Waals surface area contributed by atoms with Crippen LogP contribution < -0.4 is 5.32 Å². The van der Waals surface area contributed by atoms with E-state index in [0.29, 0.717) is 11.3 Å². The van der Waals surface area contributed by atoms with Gasteiger partial charge in [0.1, 0.15) is 12.3 Å². The van der Waals surface area contributed by atoms with Crippen LogP contribution in [0.1, 0.15) is 26.3 Å². The van der Waals surface area contributed by atoms with Gasteiger partial charge in [0.15, 0.2) is 0 Å². The molecule has 0 aliphatic heterocycles. The summed E-state index contributed by atoms with van der Waals surface area (Å²) < 4.78 is 17.7. The van der Waals surface area contributed by atoms with E-state index in [1.54, 1.807) is 45.0 Å². The Hall–Kier alpha value is -1.58. The number of carbonyl (C=O) groups is 1. The van der Waals surface area contributed by atoms with E-state index in [9.17, 15) is 9.18 Å². The van der Waals surface area contributed by atoms with E-state index < -0.39 is 18.4 Å². The number of nitrogens with one attached hydrogen (secondary N) is 1. The Kier molecular flexibility index (Phi) is 3.88. The van der Waals surface area contributed by atoms with Crippen molar-refractivity contribution in [2.75, 3.05) is 5.32 Å². The molecule has 0 aliphatic rings. The van der Waals surface area contributed by atoms with Crippen molar-refractivity contribution in [1.29, 1.82) is 0 Å². The van der Waals surface area contributed by atoms with Crippen LogP contribution >= 0.6 is 0 Å². The molecule has 0 saturated heterocycles. The second-order valence-electron chi connectivity index (χ2n) is 4.42. The number of amides is 1. The molecule has 0 bridgehead atoms. The van der Waals surface area contributed by atoms with Crippen molar-refractivity contribution in [2.24, 2.45) is 0 Å². The largest absolute Gasteiger partial charge is 0.444 e. The predicted octanol–water partition coefficient (Wildman–Crippen LogP) is 3.50. The first kappa shape index (κ1) is 12.5. The molecule has 16 heavy (non-hydrogen) atoms. The van der Waals surface area contributed by atoms with E-state index in [-0.39, 0.29) is 0 Å². The molecule has 88 valence electrons. The quantitative estimate of drug-likeness (QED) is 0.836. The summed E-state index contributed by atoms with van der Waals surface area (Å²) in [4.78, 5) is 11.4. The number of hydrogen-bond acceptors (Lipinski definition) is 2. The van der Waals surface area contributed by atoms with Crippen molar-refractivity contribution in [3.05, 3.63) is 29.8 Å². The maximum Gasteiger partial charge on any atom is 0.412 e. The Morgan fingerprint density at radius 1 is 1.38 bits per heavy atom. The average Bonchev–Trinajstić information content (AvgIpc) is 2.15. The maximum absolute atomic E-state index is 12.6. The molecule has 0 atom stereocenters. The van der Waals surface area contributed by atoms with Gasteiger partial charge in [0.05, 0.1) is 0 Å². The number of rotatable bonds is 2. The summed E-state index contributed by atoms with van der Waals surface area (Å²) in [5.41, 5.74) is 0.321. The number of ether oxygens (including phenoxy) is 1. The molecular weight excluding hydrogens is 209 g/mol. The third-order valence-electron chi connectivity index (χ3n) is 1.80. The standard InChI is InChI=1S/C12H16FNO2/c1-12(2,3)16-11(15)14-10-7-5-4-6-9(10)8-13/h4-7H,8H2,1-3H3,(H,14,15). The van der Waals surface area contributed by atoms with Crippen molar-refractivity contribution in [2.45, 2.75) is 33.0 Å². The molecule has 0 saturated carbocycles. The molecule has 1 N–H and O–H groups in total. The Morgan fingerprint density at radius 3 is 2.56 bits per heavy atom. The van der Waals surface area contributed by atoms with Crippen LogP contribution in [-0.4, -0.2) is 11.7 Å². The van der Waals surface area contributed by atoms with E-state index in [1.165, 1.54) is 0 Å². The summed E-state index contributed by atoms with van der Waals surface area (Å²) in [6, 6.07) is 6.70. The fraction of sp³-hybridized carbons (Fsp3) is 0.417. The van der Waals surface area contributed by atoms with Gasteiger partial charge in [-0.15, -0.1) is 0 Å². The predicted molar refractivity (Wildman–Crippen MR) is 61.1 cm³/mol. The smallest absolute Gasteiger partial charge is 0.412 e. The summed E-state index contributed by atoms with van der Waals surface area (Å²) >= 11 is 0. The monoisotopic (exact) mass is 225 g/mol. The van der Waals surface area contributed by atoms with E-state index in [2.05, 4.69) is 5.32 Å². The van der Waals surface area contributed by atoms with Gasteiger partial charge < -0.3 is 4.74 Å². The Balaban J connectivity index is 2.70. The fourth-order valence-corrected chi connectivity index (χ4v) is 1.17. The number of anilines is 1. The average molecular weight is 225 g/mol. The highest BCUT2D eigenvalue weighted by Crippen LogP contribution is 2.17. The van der Waals surface area contributed by atoms with Crippen molar-refractivity contribution < 1.29 is 13.9 Å². The maximum atomic E-state index is 12.6. The van der Waals surface area contributed by atoms with Gasteiger partial charge >= 0.3 is 6.09 Å². The zero-order chi connectivity index (χ0) is 12.2. The number of para-hydroxylation sites is 1. The third kappa shape index (κ3) is 3.88. The first-order chi connectivity index (χ1) is 7.42. The van der Waals surface area contributed by atoms with Crippen LogP contribution in [0, 0.1) is 0 Å². The molecule has 1 aromatic carbocycles. The second kappa shape index (κ2) is 4.96. The van der Waals surface area contributed by atoms with Gasteiger partial charge in [-0.3, -0.25) is 5.32 Å². The number of halogens is 1. The molecule has 0 radical (unpaired) electrons. The lowest BCUT2D eigenvalue weighted by Gasteiger charge is -2.20. The van der Waals surface area contributed by atoms with Gasteiger partial charge in [0.25, 0.3) is 0 Å². The summed E-state index contributed by atoms with van der Waals surface area (Å²) in [5.74, 6) is 0. The van der Waals surface area contributed by atoms with Crippen molar-refractivity contribution in [3.63, 3.8) is 0 Å². The van der Waals surface area contributed by atoms with Crippen molar-refractivity contribution >= 4 is 11.8 Å². The van der Waals surface area contributed by atoms with Crippen molar-refractivity contribution in [3.8, 4) is 0 Å². The first-order valence-electron chi connectivity index (χ1n) is 5.06. The van der Waals surface area contributed by atoms with Crippen molar-refractivity contribution in [1.82, 2.24) is 0 Å². The van der Waals surface area contributed by atoms with E-state index >= 15 is 0 Å². The lowest BCUT2D eigenvalue weighted by atomic mass is 10.2. The number of benzene rings is 1. The molecule has 0 heterocycles. The highest BCUT2D eigenvalue weighted by atomic mass is 19.1. The van der Waals surface area contributed by atoms with Gasteiger partial charge in [-0.2, -0.15) is 0 Å². The zero-order valence-corrected chi connectivity index (χ0v) is 9.71. The summed E-state index contributed by atoms with van der Waals surface area (Å²) in [5, 5.41) is 2.52.